The maximum absolute atomic E-state index is 4.78. The predicted molar refractivity (Wildman–Crippen MR) is 63.4 cm³/mol. The van der Waals surface area contributed by atoms with Gasteiger partial charge in [-0.05, 0) is 12.8 Å². The molecule has 0 saturated heterocycles. The van der Waals surface area contributed by atoms with E-state index >= 15 is 0 Å². The molecular formula is C13H19N3. The van der Waals surface area contributed by atoms with Crippen molar-refractivity contribution < 1.29 is 0 Å². The first kappa shape index (κ1) is 10.2. The summed E-state index contributed by atoms with van der Waals surface area (Å²) in [7, 11) is 0. The highest BCUT2D eigenvalue weighted by Gasteiger charge is 2.27. The first-order chi connectivity index (χ1) is 7.88. The van der Waals surface area contributed by atoms with E-state index in [1.807, 2.05) is 0 Å². The number of rotatable bonds is 2. The minimum Gasteiger partial charge on any atom is -0.312 e. The Hall–Kier alpha value is -0.960. The topological polar surface area (TPSA) is 37.8 Å². The van der Waals surface area contributed by atoms with E-state index in [0.717, 1.165) is 37.7 Å². The molecule has 1 saturated carbocycles. The molecule has 86 valence electrons. The van der Waals surface area contributed by atoms with Crippen LogP contribution in [0, 0.1) is 0 Å². The Labute approximate surface area is 96.7 Å². The van der Waals surface area contributed by atoms with Crippen molar-refractivity contribution in [2.45, 2.75) is 51.5 Å². The molecule has 0 amide bonds. The number of nitrogens with zero attached hydrogens (tertiary/aromatic N) is 2. The van der Waals surface area contributed by atoms with E-state index in [1.54, 1.807) is 0 Å². The maximum Gasteiger partial charge on any atom is 0.128 e. The van der Waals surface area contributed by atoms with Gasteiger partial charge < -0.3 is 5.32 Å². The Balaban J connectivity index is 2.05. The van der Waals surface area contributed by atoms with Crippen molar-refractivity contribution in [3.63, 3.8) is 0 Å². The summed E-state index contributed by atoms with van der Waals surface area (Å²) in [5, 5.41) is 3.44. The molecule has 2 heterocycles. The van der Waals surface area contributed by atoms with Gasteiger partial charge in [0.25, 0.3) is 0 Å². The molecule has 0 spiro atoms. The summed E-state index contributed by atoms with van der Waals surface area (Å²) in [5.74, 6) is 1.77. The van der Waals surface area contributed by atoms with Crippen molar-refractivity contribution in [1.29, 1.82) is 0 Å². The van der Waals surface area contributed by atoms with Gasteiger partial charge in [-0.3, -0.25) is 0 Å². The minimum absolute atomic E-state index is 0.724. The molecular weight excluding hydrogens is 198 g/mol. The minimum atomic E-state index is 0.724. The van der Waals surface area contributed by atoms with Crippen molar-refractivity contribution in [3.05, 3.63) is 22.8 Å². The summed E-state index contributed by atoms with van der Waals surface area (Å²) in [6.45, 7) is 4.19. The number of nitrogens with one attached hydrogen (secondary N) is 1. The zero-order valence-corrected chi connectivity index (χ0v) is 9.92. The Morgan fingerprint density at radius 1 is 1.31 bits per heavy atom. The summed E-state index contributed by atoms with van der Waals surface area (Å²) in [6, 6.07) is 0. The lowest BCUT2D eigenvalue weighted by molar-refractivity contribution is 0.402. The van der Waals surface area contributed by atoms with Crippen LogP contribution in [-0.2, 0) is 19.4 Å². The second kappa shape index (κ2) is 4.13. The van der Waals surface area contributed by atoms with Crippen LogP contribution in [0.3, 0.4) is 0 Å². The molecule has 1 aliphatic carbocycles. The summed E-state index contributed by atoms with van der Waals surface area (Å²) < 4.78 is 0. The smallest absolute Gasteiger partial charge is 0.128 e. The lowest BCUT2D eigenvalue weighted by atomic mass is 9.80. The predicted octanol–water partition coefficient (Wildman–Crippen LogP) is 1.95. The van der Waals surface area contributed by atoms with Crippen molar-refractivity contribution in [3.8, 4) is 0 Å². The average Bonchev–Trinajstić information content (AvgIpc) is 2.26. The molecule has 1 aromatic rings. The zero-order valence-electron chi connectivity index (χ0n) is 9.92. The van der Waals surface area contributed by atoms with Crippen LogP contribution in [0.5, 0.6) is 0 Å². The van der Waals surface area contributed by atoms with E-state index in [2.05, 4.69) is 17.2 Å². The van der Waals surface area contributed by atoms with Gasteiger partial charge in [-0.1, -0.05) is 13.3 Å². The fourth-order valence-electron chi connectivity index (χ4n) is 2.60. The normalized spacial score (nSPS) is 20.3. The monoisotopic (exact) mass is 217 g/mol. The van der Waals surface area contributed by atoms with Crippen molar-refractivity contribution in [1.82, 2.24) is 15.3 Å². The third-order valence-electron chi connectivity index (χ3n) is 3.82. The number of aryl methyl sites for hydroxylation is 1. The number of hydrogen-bond acceptors (Lipinski definition) is 3. The number of aromatic nitrogens is 2. The molecule has 1 N–H and O–H groups in total. The summed E-state index contributed by atoms with van der Waals surface area (Å²) in [5.41, 5.74) is 4.08. The lowest BCUT2D eigenvalue weighted by Crippen LogP contribution is -2.29. The van der Waals surface area contributed by atoms with E-state index in [4.69, 9.17) is 4.98 Å². The molecule has 3 rings (SSSR count). The summed E-state index contributed by atoms with van der Waals surface area (Å²) in [6.07, 6.45) is 6.06. The Morgan fingerprint density at radius 2 is 2.19 bits per heavy atom. The molecule has 3 nitrogen and oxygen atoms in total. The zero-order chi connectivity index (χ0) is 11.0. The van der Waals surface area contributed by atoms with E-state index in [1.165, 1.54) is 36.2 Å². The van der Waals surface area contributed by atoms with Crippen LogP contribution in [0.2, 0.25) is 0 Å². The van der Waals surface area contributed by atoms with Crippen LogP contribution in [0.1, 0.15) is 54.9 Å². The molecule has 0 radical (unpaired) electrons. The molecule has 1 aliphatic heterocycles. The average molecular weight is 217 g/mol. The van der Waals surface area contributed by atoms with Gasteiger partial charge in [0.1, 0.15) is 5.82 Å². The first-order valence-electron chi connectivity index (χ1n) is 6.47. The van der Waals surface area contributed by atoms with Crippen LogP contribution >= 0.6 is 0 Å². The highest BCUT2D eigenvalue weighted by atomic mass is 15.0. The quantitative estimate of drug-likeness (QED) is 0.823. The van der Waals surface area contributed by atoms with Gasteiger partial charge in [0.2, 0.25) is 0 Å². The van der Waals surface area contributed by atoms with Gasteiger partial charge in [-0.25, -0.2) is 9.97 Å². The van der Waals surface area contributed by atoms with Crippen LogP contribution < -0.4 is 5.32 Å². The van der Waals surface area contributed by atoms with E-state index < -0.39 is 0 Å². The standard InChI is InChI=1S/C13H19N3/c1-2-12-15-11-6-7-14-8-10(11)13(16-12)9-4-3-5-9/h9,14H,2-8H2,1H3. The maximum atomic E-state index is 4.78. The highest BCUT2D eigenvalue weighted by Crippen LogP contribution is 2.38. The van der Waals surface area contributed by atoms with Gasteiger partial charge in [-0.2, -0.15) is 0 Å². The molecule has 3 heteroatoms. The number of hydrogen-bond donors (Lipinski definition) is 1. The fourth-order valence-corrected chi connectivity index (χ4v) is 2.60. The Kier molecular flexibility index (Phi) is 2.64. The summed E-state index contributed by atoms with van der Waals surface area (Å²) in [4.78, 5) is 9.46. The van der Waals surface area contributed by atoms with E-state index in [-0.39, 0.29) is 0 Å². The molecule has 16 heavy (non-hydrogen) atoms. The third-order valence-corrected chi connectivity index (χ3v) is 3.82. The highest BCUT2D eigenvalue weighted by molar-refractivity contribution is 5.31. The van der Waals surface area contributed by atoms with Gasteiger partial charge in [0.15, 0.2) is 0 Å². The van der Waals surface area contributed by atoms with Gasteiger partial charge in [0, 0.05) is 37.4 Å². The van der Waals surface area contributed by atoms with E-state index in [9.17, 15) is 0 Å². The van der Waals surface area contributed by atoms with Crippen LogP contribution in [-0.4, -0.2) is 16.5 Å². The Bertz CT molecular complexity index is 396. The summed E-state index contributed by atoms with van der Waals surface area (Å²) >= 11 is 0. The molecule has 2 aliphatic rings. The van der Waals surface area contributed by atoms with Gasteiger partial charge in [-0.15, -0.1) is 0 Å². The van der Waals surface area contributed by atoms with Crippen LogP contribution in [0.15, 0.2) is 0 Å². The number of fused-ring (bicyclic) bond motifs is 1. The largest absolute Gasteiger partial charge is 0.312 e. The third kappa shape index (κ3) is 1.63. The molecule has 0 unspecified atom stereocenters. The molecule has 0 aromatic carbocycles. The molecule has 1 aromatic heterocycles. The van der Waals surface area contributed by atoms with E-state index in [0.29, 0.717) is 0 Å². The van der Waals surface area contributed by atoms with Crippen molar-refractivity contribution in [2.24, 2.45) is 0 Å². The fraction of sp³-hybridized carbons (Fsp3) is 0.692. The lowest BCUT2D eigenvalue weighted by Gasteiger charge is -2.29. The second-order valence-corrected chi connectivity index (χ2v) is 4.86. The van der Waals surface area contributed by atoms with Crippen molar-refractivity contribution >= 4 is 0 Å². The van der Waals surface area contributed by atoms with Gasteiger partial charge in [0.05, 0.1) is 11.4 Å². The van der Waals surface area contributed by atoms with Crippen LogP contribution in [0.4, 0.5) is 0 Å². The molecule has 0 bridgehead atoms. The molecule has 1 fully saturated rings. The second-order valence-electron chi connectivity index (χ2n) is 4.86. The molecule has 0 atom stereocenters. The van der Waals surface area contributed by atoms with Gasteiger partial charge >= 0.3 is 0 Å². The van der Waals surface area contributed by atoms with Crippen LogP contribution in [0.25, 0.3) is 0 Å². The Morgan fingerprint density at radius 3 is 2.88 bits per heavy atom. The van der Waals surface area contributed by atoms with Crippen molar-refractivity contribution in [2.75, 3.05) is 6.54 Å². The first-order valence-corrected chi connectivity index (χ1v) is 6.47. The SMILES string of the molecule is CCc1nc2c(c(C3CCC3)n1)CNCC2.